The second-order valence-electron chi connectivity index (χ2n) is 4.10. The van der Waals surface area contributed by atoms with Gasteiger partial charge >= 0.3 is 5.97 Å². The number of Topliss-reactive ketones (excluding diaryl/α,β-unsaturated/α-hetero) is 1. The summed E-state index contributed by atoms with van der Waals surface area (Å²) in [5.74, 6) is 0.921. The van der Waals surface area contributed by atoms with Crippen LogP contribution in [0.5, 0.6) is 0 Å². The average molecular weight is 246 g/mol. The second-order valence-corrected chi connectivity index (χ2v) is 5.47. The van der Waals surface area contributed by atoms with Gasteiger partial charge in [0.25, 0.3) is 0 Å². The third-order valence-electron chi connectivity index (χ3n) is 2.36. The molecule has 0 aromatic heterocycles. The number of hydrogen-bond donors (Lipinski definition) is 0. The normalized spacial score (nSPS) is 12.6. The summed E-state index contributed by atoms with van der Waals surface area (Å²) in [6, 6.07) is 0. The molecule has 0 radical (unpaired) electrons. The molecule has 0 heterocycles. The van der Waals surface area contributed by atoms with Crippen LogP contribution in [0, 0.1) is 5.92 Å². The average Bonchev–Trinajstić information content (AvgIpc) is 2.23. The van der Waals surface area contributed by atoms with Crippen LogP contribution < -0.4 is 0 Å². The Morgan fingerprint density at radius 1 is 1.19 bits per heavy atom. The standard InChI is InChI=1S/C12H22O3S/c1-5-15-12(14)7-6-11(13)8-16-10(4)9(2)3/h9-10H,5-8H2,1-4H3. The highest BCUT2D eigenvalue weighted by Gasteiger charge is 2.12. The van der Waals surface area contributed by atoms with Crippen LogP contribution in [0.2, 0.25) is 0 Å². The maximum Gasteiger partial charge on any atom is 0.306 e. The smallest absolute Gasteiger partial charge is 0.306 e. The first kappa shape index (κ1) is 15.5. The van der Waals surface area contributed by atoms with Crippen LogP contribution in [0.25, 0.3) is 0 Å². The van der Waals surface area contributed by atoms with Crippen molar-refractivity contribution in [3.63, 3.8) is 0 Å². The highest BCUT2D eigenvalue weighted by Crippen LogP contribution is 2.19. The molecule has 0 aliphatic carbocycles. The van der Waals surface area contributed by atoms with Crippen molar-refractivity contribution < 1.29 is 14.3 Å². The molecule has 0 aliphatic rings. The first-order chi connectivity index (χ1) is 7.47. The van der Waals surface area contributed by atoms with Crippen molar-refractivity contribution in [1.29, 1.82) is 0 Å². The Balaban J connectivity index is 3.63. The Labute approximate surface area is 102 Å². The van der Waals surface area contributed by atoms with Gasteiger partial charge < -0.3 is 4.74 Å². The molecule has 0 rings (SSSR count). The molecule has 0 aliphatic heterocycles. The molecule has 0 aromatic rings. The van der Waals surface area contributed by atoms with Crippen molar-refractivity contribution in [2.24, 2.45) is 5.92 Å². The molecule has 0 bridgehead atoms. The van der Waals surface area contributed by atoms with E-state index in [4.69, 9.17) is 4.74 Å². The topological polar surface area (TPSA) is 43.4 Å². The van der Waals surface area contributed by atoms with Gasteiger partial charge in [0, 0.05) is 11.7 Å². The summed E-state index contributed by atoms with van der Waals surface area (Å²) in [6.07, 6.45) is 0.514. The van der Waals surface area contributed by atoms with Gasteiger partial charge in [-0.3, -0.25) is 9.59 Å². The molecule has 0 N–H and O–H groups in total. The van der Waals surface area contributed by atoms with Gasteiger partial charge in [-0.05, 0) is 12.8 Å². The summed E-state index contributed by atoms with van der Waals surface area (Å²) in [5, 5.41) is 0.478. The van der Waals surface area contributed by atoms with E-state index in [1.807, 2.05) is 0 Å². The summed E-state index contributed by atoms with van der Waals surface area (Å²) >= 11 is 1.66. The van der Waals surface area contributed by atoms with E-state index < -0.39 is 0 Å². The molecule has 1 unspecified atom stereocenters. The number of carbonyl (C=O) groups is 2. The van der Waals surface area contributed by atoms with E-state index in [2.05, 4.69) is 20.8 Å². The Hall–Kier alpha value is -0.510. The van der Waals surface area contributed by atoms with Crippen LogP contribution in [0.4, 0.5) is 0 Å². The van der Waals surface area contributed by atoms with Crippen LogP contribution in [0.15, 0.2) is 0 Å². The zero-order chi connectivity index (χ0) is 12.6. The summed E-state index contributed by atoms with van der Waals surface area (Å²) in [6.45, 7) is 8.54. The highest BCUT2D eigenvalue weighted by atomic mass is 32.2. The third-order valence-corrected chi connectivity index (χ3v) is 3.92. The SMILES string of the molecule is CCOC(=O)CCC(=O)CSC(C)C(C)C. The maximum atomic E-state index is 11.5. The third kappa shape index (κ3) is 7.74. The van der Waals surface area contributed by atoms with E-state index in [-0.39, 0.29) is 18.2 Å². The van der Waals surface area contributed by atoms with Gasteiger partial charge in [-0.2, -0.15) is 11.8 Å². The molecule has 0 saturated heterocycles. The Bertz CT molecular complexity index is 226. The molecular formula is C12H22O3S. The fourth-order valence-electron chi connectivity index (χ4n) is 0.964. The van der Waals surface area contributed by atoms with Crippen LogP contribution in [0.3, 0.4) is 0 Å². The van der Waals surface area contributed by atoms with Gasteiger partial charge in [0.1, 0.15) is 5.78 Å². The number of hydrogen-bond acceptors (Lipinski definition) is 4. The molecule has 0 spiro atoms. The van der Waals surface area contributed by atoms with E-state index in [0.29, 0.717) is 29.9 Å². The zero-order valence-electron chi connectivity index (χ0n) is 10.6. The summed E-state index contributed by atoms with van der Waals surface area (Å²) < 4.78 is 4.76. The maximum absolute atomic E-state index is 11.5. The lowest BCUT2D eigenvalue weighted by Gasteiger charge is -2.13. The monoisotopic (exact) mass is 246 g/mol. The van der Waals surface area contributed by atoms with Crippen molar-refractivity contribution in [2.45, 2.75) is 45.8 Å². The van der Waals surface area contributed by atoms with E-state index in [0.717, 1.165) is 0 Å². The minimum atomic E-state index is -0.280. The van der Waals surface area contributed by atoms with E-state index >= 15 is 0 Å². The van der Waals surface area contributed by atoms with E-state index in [1.165, 1.54) is 0 Å². The predicted molar refractivity (Wildman–Crippen MR) is 67.6 cm³/mol. The van der Waals surface area contributed by atoms with Gasteiger partial charge in [-0.25, -0.2) is 0 Å². The van der Waals surface area contributed by atoms with E-state index in [1.54, 1.807) is 18.7 Å². The van der Waals surface area contributed by atoms with Crippen LogP contribution in [-0.4, -0.2) is 29.4 Å². The lowest BCUT2D eigenvalue weighted by Crippen LogP contribution is -2.12. The van der Waals surface area contributed by atoms with Gasteiger partial charge in [-0.15, -0.1) is 0 Å². The predicted octanol–water partition coefficient (Wildman–Crippen LogP) is 2.68. The minimum Gasteiger partial charge on any atom is -0.466 e. The molecule has 1 atom stereocenters. The molecule has 4 heteroatoms. The van der Waals surface area contributed by atoms with Crippen LogP contribution in [0.1, 0.15) is 40.5 Å². The molecule has 0 fully saturated rings. The van der Waals surface area contributed by atoms with Crippen molar-refractivity contribution in [3.8, 4) is 0 Å². The van der Waals surface area contributed by atoms with E-state index in [9.17, 15) is 9.59 Å². The van der Waals surface area contributed by atoms with Crippen LogP contribution >= 0.6 is 11.8 Å². The number of thioether (sulfide) groups is 1. The van der Waals surface area contributed by atoms with Crippen molar-refractivity contribution in [1.82, 2.24) is 0 Å². The zero-order valence-corrected chi connectivity index (χ0v) is 11.4. The van der Waals surface area contributed by atoms with Crippen LogP contribution in [-0.2, 0) is 14.3 Å². The number of rotatable bonds is 8. The minimum absolute atomic E-state index is 0.130. The van der Waals surface area contributed by atoms with Gasteiger partial charge in [0.05, 0.1) is 18.8 Å². The fraction of sp³-hybridized carbons (Fsp3) is 0.833. The lowest BCUT2D eigenvalue weighted by atomic mass is 10.2. The summed E-state index contributed by atoms with van der Waals surface area (Å²) in [5.41, 5.74) is 0. The molecule has 0 saturated carbocycles. The largest absolute Gasteiger partial charge is 0.466 e. The van der Waals surface area contributed by atoms with Gasteiger partial charge in [0.15, 0.2) is 0 Å². The fourth-order valence-corrected chi connectivity index (χ4v) is 1.94. The molecule has 16 heavy (non-hydrogen) atoms. The van der Waals surface area contributed by atoms with Crippen molar-refractivity contribution >= 4 is 23.5 Å². The number of esters is 1. The number of carbonyl (C=O) groups excluding carboxylic acids is 2. The first-order valence-corrected chi connectivity index (χ1v) is 6.81. The molecule has 3 nitrogen and oxygen atoms in total. The Morgan fingerprint density at radius 3 is 2.31 bits per heavy atom. The van der Waals surface area contributed by atoms with Gasteiger partial charge in [-0.1, -0.05) is 20.8 Å². The number of ether oxygens (including phenoxy) is 1. The quantitative estimate of drug-likeness (QED) is 0.618. The first-order valence-electron chi connectivity index (χ1n) is 5.76. The molecular weight excluding hydrogens is 224 g/mol. The Kier molecular flexibility index (Phi) is 8.35. The second kappa shape index (κ2) is 8.62. The van der Waals surface area contributed by atoms with Gasteiger partial charge in [0.2, 0.25) is 0 Å². The van der Waals surface area contributed by atoms with Crippen molar-refractivity contribution in [3.05, 3.63) is 0 Å². The molecule has 0 amide bonds. The Morgan fingerprint density at radius 2 is 1.81 bits per heavy atom. The highest BCUT2D eigenvalue weighted by molar-refractivity contribution is 8.00. The number of ketones is 1. The summed E-state index contributed by atoms with van der Waals surface area (Å²) in [7, 11) is 0. The van der Waals surface area contributed by atoms with Crippen molar-refractivity contribution in [2.75, 3.05) is 12.4 Å². The molecule has 94 valence electrons. The molecule has 0 aromatic carbocycles. The summed E-state index contributed by atoms with van der Waals surface area (Å²) in [4.78, 5) is 22.5. The lowest BCUT2D eigenvalue weighted by molar-refractivity contribution is -0.144.